The number of hydrogen-bond donors (Lipinski definition) is 1. The minimum atomic E-state index is -4.24. The van der Waals surface area contributed by atoms with Gasteiger partial charge >= 0.3 is 6.18 Å². The predicted molar refractivity (Wildman–Crippen MR) is 49.7 cm³/mol. The highest BCUT2D eigenvalue weighted by molar-refractivity contribution is 5.33. The van der Waals surface area contributed by atoms with Crippen LogP contribution in [0.2, 0.25) is 0 Å². The third-order valence-electron chi connectivity index (χ3n) is 1.83. The largest absolute Gasteiger partial charge is 0.416 e. The maximum absolute atomic E-state index is 12.3. The van der Waals surface area contributed by atoms with Crippen molar-refractivity contribution in [3.63, 3.8) is 0 Å². The van der Waals surface area contributed by atoms with Gasteiger partial charge in [-0.1, -0.05) is 12.2 Å². The second-order valence-corrected chi connectivity index (χ2v) is 2.92. The summed E-state index contributed by atoms with van der Waals surface area (Å²) in [5.74, 6) is 0. The molecule has 0 saturated heterocycles. The molecule has 1 rings (SSSR count). The second kappa shape index (κ2) is 4.35. The Kier molecular flexibility index (Phi) is 3.38. The number of allylic oxidation sites excluding steroid dienone is 5. The van der Waals surface area contributed by atoms with Crippen LogP contribution in [-0.2, 0) is 0 Å². The van der Waals surface area contributed by atoms with Crippen LogP contribution in [-0.4, -0.2) is 12.7 Å². The zero-order valence-electron chi connectivity index (χ0n) is 7.86. The molecule has 0 aromatic carbocycles. The molecule has 1 aliphatic carbocycles. The van der Waals surface area contributed by atoms with E-state index >= 15 is 0 Å². The molecular formula is C10H12F3N. The SMILES string of the molecule is CCNC1=CCC=C(C(F)(F)F)C=C1. The summed E-state index contributed by atoms with van der Waals surface area (Å²) >= 11 is 0. The van der Waals surface area contributed by atoms with E-state index in [9.17, 15) is 13.2 Å². The van der Waals surface area contributed by atoms with Crippen molar-refractivity contribution < 1.29 is 13.2 Å². The molecule has 14 heavy (non-hydrogen) atoms. The van der Waals surface area contributed by atoms with Gasteiger partial charge in [0.15, 0.2) is 0 Å². The number of halogens is 3. The van der Waals surface area contributed by atoms with Crippen LogP contribution < -0.4 is 5.32 Å². The molecule has 78 valence electrons. The summed E-state index contributed by atoms with van der Waals surface area (Å²) in [5, 5.41) is 2.97. The molecule has 0 unspecified atom stereocenters. The Bertz CT molecular complexity index is 284. The van der Waals surface area contributed by atoms with Crippen molar-refractivity contribution in [2.75, 3.05) is 6.54 Å². The first-order valence-electron chi connectivity index (χ1n) is 4.43. The van der Waals surface area contributed by atoms with E-state index in [-0.39, 0.29) is 0 Å². The lowest BCUT2D eigenvalue weighted by Gasteiger charge is -2.05. The second-order valence-electron chi connectivity index (χ2n) is 2.92. The first kappa shape index (κ1) is 10.9. The molecule has 0 aliphatic heterocycles. The van der Waals surface area contributed by atoms with Crippen LogP contribution in [0.1, 0.15) is 13.3 Å². The van der Waals surface area contributed by atoms with Crippen molar-refractivity contribution >= 4 is 0 Å². The van der Waals surface area contributed by atoms with Crippen molar-refractivity contribution in [3.05, 3.63) is 35.6 Å². The number of rotatable bonds is 2. The summed E-state index contributed by atoms with van der Waals surface area (Å²) in [5.41, 5.74) is 0.157. The maximum Gasteiger partial charge on any atom is 0.416 e. The number of alkyl halides is 3. The highest BCUT2D eigenvalue weighted by Crippen LogP contribution is 2.28. The topological polar surface area (TPSA) is 12.0 Å². The molecule has 0 amide bonds. The van der Waals surface area contributed by atoms with Crippen molar-refractivity contribution in [1.29, 1.82) is 0 Å². The van der Waals surface area contributed by atoms with Gasteiger partial charge < -0.3 is 5.32 Å². The Morgan fingerprint density at radius 3 is 2.57 bits per heavy atom. The van der Waals surface area contributed by atoms with Crippen LogP contribution in [0.15, 0.2) is 35.6 Å². The summed E-state index contributed by atoms with van der Waals surface area (Å²) in [7, 11) is 0. The van der Waals surface area contributed by atoms with Crippen molar-refractivity contribution in [2.24, 2.45) is 0 Å². The van der Waals surface area contributed by atoms with Crippen LogP contribution in [0.3, 0.4) is 0 Å². The molecule has 0 spiro atoms. The van der Waals surface area contributed by atoms with Gasteiger partial charge in [0, 0.05) is 12.2 Å². The van der Waals surface area contributed by atoms with E-state index in [1.54, 1.807) is 6.08 Å². The fraction of sp³-hybridized carbons (Fsp3) is 0.400. The lowest BCUT2D eigenvalue weighted by molar-refractivity contribution is -0.0883. The molecular weight excluding hydrogens is 191 g/mol. The predicted octanol–water partition coefficient (Wildman–Crippen LogP) is 2.93. The van der Waals surface area contributed by atoms with Crippen LogP contribution in [0, 0.1) is 0 Å². The summed E-state index contributed by atoms with van der Waals surface area (Å²) < 4.78 is 36.8. The first-order valence-corrected chi connectivity index (χ1v) is 4.43. The van der Waals surface area contributed by atoms with E-state index in [0.29, 0.717) is 13.0 Å². The standard InChI is InChI=1S/C10H12F3N/c1-2-14-9-5-3-4-8(6-7-9)10(11,12)13/h4-7,14H,2-3H2,1H3. The summed E-state index contributed by atoms with van der Waals surface area (Å²) in [6.07, 6.45) is 1.53. The lowest BCUT2D eigenvalue weighted by atomic mass is 10.2. The highest BCUT2D eigenvalue weighted by Gasteiger charge is 2.31. The van der Waals surface area contributed by atoms with Crippen LogP contribution in [0.25, 0.3) is 0 Å². The quantitative estimate of drug-likeness (QED) is 0.727. The Labute approximate surface area is 81.0 Å². The minimum Gasteiger partial charge on any atom is -0.386 e. The van der Waals surface area contributed by atoms with Gasteiger partial charge in [0.25, 0.3) is 0 Å². The molecule has 0 radical (unpaired) electrons. The molecule has 1 aliphatic rings. The van der Waals surface area contributed by atoms with Crippen LogP contribution in [0.4, 0.5) is 13.2 Å². The highest BCUT2D eigenvalue weighted by atomic mass is 19.4. The Morgan fingerprint density at radius 2 is 2.00 bits per heavy atom. The minimum absolute atomic E-state index is 0.310. The van der Waals surface area contributed by atoms with Crippen molar-refractivity contribution in [3.8, 4) is 0 Å². The fourth-order valence-electron chi connectivity index (χ4n) is 1.17. The Hall–Kier alpha value is -1.19. The monoisotopic (exact) mass is 203 g/mol. The van der Waals surface area contributed by atoms with Crippen molar-refractivity contribution in [1.82, 2.24) is 5.32 Å². The maximum atomic E-state index is 12.3. The zero-order valence-corrected chi connectivity index (χ0v) is 7.86. The summed E-state index contributed by atoms with van der Waals surface area (Å²) in [6.45, 7) is 2.61. The van der Waals surface area contributed by atoms with Gasteiger partial charge in [-0.15, -0.1) is 0 Å². The lowest BCUT2D eigenvalue weighted by Crippen LogP contribution is -2.11. The molecule has 0 fully saturated rings. The van der Waals surface area contributed by atoms with Gasteiger partial charge in [0.1, 0.15) is 0 Å². The molecule has 0 saturated carbocycles. The third kappa shape index (κ3) is 2.94. The van der Waals surface area contributed by atoms with E-state index < -0.39 is 11.7 Å². The molecule has 0 bridgehead atoms. The van der Waals surface area contributed by atoms with E-state index in [4.69, 9.17) is 0 Å². The van der Waals surface area contributed by atoms with Gasteiger partial charge in [0.05, 0.1) is 5.57 Å². The van der Waals surface area contributed by atoms with Gasteiger partial charge in [-0.2, -0.15) is 13.2 Å². The van der Waals surface area contributed by atoms with E-state index in [2.05, 4.69) is 5.32 Å². The van der Waals surface area contributed by atoms with Gasteiger partial charge in [0.2, 0.25) is 0 Å². The van der Waals surface area contributed by atoms with Crippen molar-refractivity contribution in [2.45, 2.75) is 19.5 Å². The average molecular weight is 203 g/mol. The summed E-state index contributed by atoms with van der Waals surface area (Å²) in [4.78, 5) is 0. The molecule has 1 nitrogen and oxygen atoms in total. The normalized spacial score (nSPS) is 17.1. The van der Waals surface area contributed by atoms with Gasteiger partial charge in [-0.05, 0) is 25.5 Å². The smallest absolute Gasteiger partial charge is 0.386 e. The van der Waals surface area contributed by atoms with E-state index in [1.807, 2.05) is 6.92 Å². The van der Waals surface area contributed by atoms with Gasteiger partial charge in [-0.25, -0.2) is 0 Å². The molecule has 0 heterocycles. The molecule has 1 N–H and O–H groups in total. The van der Waals surface area contributed by atoms with Crippen LogP contribution in [0.5, 0.6) is 0 Å². The number of likely N-dealkylation sites (N-methyl/N-ethyl adjacent to an activating group) is 1. The third-order valence-corrected chi connectivity index (χ3v) is 1.83. The molecule has 0 aromatic heterocycles. The number of hydrogen-bond acceptors (Lipinski definition) is 1. The first-order chi connectivity index (χ1) is 6.54. The van der Waals surface area contributed by atoms with E-state index in [1.165, 1.54) is 12.2 Å². The summed E-state index contributed by atoms with van der Waals surface area (Å²) in [6, 6.07) is 0. The zero-order chi connectivity index (χ0) is 10.6. The van der Waals surface area contributed by atoms with E-state index in [0.717, 1.165) is 11.8 Å². The molecule has 0 atom stereocenters. The Morgan fingerprint density at radius 1 is 1.29 bits per heavy atom. The van der Waals surface area contributed by atoms with Gasteiger partial charge in [-0.3, -0.25) is 0 Å². The average Bonchev–Trinajstić information content (AvgIpc) is 2.29. The number of nitrogens with one attached hydrogen (secondary N) is 1. The molecule has 4 heteroatoms. The van der Waals surface area contributed by atoms with Crippen LogP contribution >= 0.6 is 0 Å². The molecule has 0 aromatic rings. The Balaban J connectivity index is 2.73. The fourth-order valence-corrected chi connectivity index (χ4v) is 1.17.